The molecule has 5 heteroatoms. The van der Waals surface area contributed by atoms with Crippen molar-refractivity contribution in [3.8, 4) is 0 Å². The van der Waals surface area contributed by atoms with Gasteiger partial charge in [0.25, 0.3) is 0 Å². The van der Waals surface area contributed by atoms with Crippen LogP contribution in [0.1, 0.15) is 29.5 Å². The van der Waals surface area contributed by atoms with Gasteiger partial charge in [0, 0.05) is 43.2 Å². The number of nitrogens with one attached hydrogen (secondary N) is 1. The van der Waals surface area contributed by atoms with Crippen LogP contribution in [-0.4, -0.2) is 35.5 Å². The second-order valence-corrected chi connectivity index (χ2v) is 7.81. The van der Waals surface area contributed by atoms with Crippen molar-refractivity contribution in [2.75, 3.05) is 13.7 Å². The Balaban J connectivity index is 1.40. The zero-order valence-electron chi connectivity index (χ0n) is 17.1. The van der Waals surface area contributed by atoms with Crippen LogP contribution < -0.4 is 5.56 Å². The fourth-order valence-electron chi connectivity index (χ4n) is 3.87. The molecule has 1 aromatic heterocycles. The SMILES string of the molecule is CN(Cc1cc(=O)[nH]c2ccccc12)C(=O)C=Cc1ccc(CC2CCCO2)cc1. The molecule has 30 heavy (non-hydrogen) atoms. The lowest BCUT2D eigenvalue weighted by Gasteiger charge is -2.16. The van der Waals surface area contributed by atoms with Gasteiger partial charge < -0.3 is 14.6 Å². The average Bonchev–Trinajstić information content (AvgIpc) is 3.26. The Kier molecular flexibility index (Phi) is 6.10. The van der Waals surface area contributed by atoms with E-state index in [2.05, 4.69) is 17.1 Å². The first kappa shape index (κ1) is 20.1. The van der Waals surface area contributed by atoms with Crippen molar-refractivity contribution in [2.24, 2.45) is 0 Å². The largest absolute Gasteiger partial charge is 0.378 e. The van der Waals surface area contributed by atoms with Crippen LogP contribution in [0.2, 0.25) is 0 Å². The average molecular weight is 402 g/mol. The molecule has 0 bridgehead atoms. The number of ether oxygens (including phenoxy) is 1. The maximum Gasteiger partial charge on any atom is 0.248 e. The molecule has 1 unspecified atom stereocenters. The highest BCUT2D eigenvalue weighted by atomic mass is 16.5. The van der Waals surface area contributed by atoms with Gasteiger partial charge in [0.2, 0.25) is 11.5 Å². The number of carbonyl (C=O) groups is 1. The van der Waals surface area contributed by atoms with Gasteiger partial charge in [0.1, 0.15) is 0 Å². The number of likely N-dealkylation sites (N-methyl/N-ethyl adjacent to an activating group) is 1. The molecule has 2 aromatic carbocycles. The fraction of sp³-hybridized carbons (Fsp3) is 0.280. The number of fused-ring (bicyclic) bond motifs is 1. The first-order valence-electron chi connectivity index (χ1n) is 10.3. The molecule has 1 aliphatic rings. The lowest BCUT2D eigenvalue weighted by molar-refractivity contribution is -0.125. The summed E-state index contributed by atoms with van der Waals surface area (Å²) in [6.45, 7) is 1.24. The summed E-state index contributed by atoms with van der Waals surface area (Å²) >= 11 is 0. The van der Waals surface area contributed by atoms with Crippen LogP contribution in [0.15, 0.2) is 65.5 Å². The summed E-state index contributed by atoms with van der Waals surface area (Å²) in [6, 6.07) is 17.4. The molecule has 1 saturated heterocycles. The Morgan fingerprint density at radius 1 is 1.20 bits per heavy atom. The third-order valence-corrected chi connectivity index (χ3v) is 5.51. The van der Waals surface area contributed by atoms with Gasteiger partial charge in [-0.2, -0.15) is 0 Å². The Hall–Kier alpha value is -3.18. The third-order valence-electron chi connectivity index (χ3n) is 5.51. The molecule has 1 N–H and O–H groups in total. The van der Waals surface area contributed by atoms with Crippen LogP contribution in [0, 0.1) is 0 Å². The van der Waals surface area contributed by atoms with E-state index in [4.69, 9.17) is 4.74 Å². The summed E-state index contributed by atoms with van der Waals surface area (Å²) in [6.07, 6.45) is 6.95. The van der Waals surface area contributed by atoms with Crippen molar-refractivity contribution in [3.63, 3.8) is 0 Å². The van der Waals surface area contributed by atoms with Crippen molar-refractivity contribution in [1.29, 1.82) is 0 Å². The molecule has 1 atom stereocenters. The highest BCUT2D eigenvalue weighted by Crippen LogP contribution is 2.18. The molecule has 0 spiro atoms. The fourth-order valence-corrected chi connectivity index (χ4v) is 3.87. The number of hydrogen-bond acceptors (Lipinski definition) is 3. The van der Waals surface area contributed by atoms with E-state index in [0.717, 1.165) is 47.9 Å². The van der Waals surface area contributed by atoms with Gasteiger partial charge in [-0.15, -0.1) is 0 Å². The first-order chi connectivity index (χ1) is 14.6. The number of H-pyrrole nitrogens is 1. The van der Waals surface area contributed by atoms with E-state index in [1.54, 1.807) is 24.1 Å². The quantitative estimate of drug-likeness (QED) is 0.636. The van der Waals surface area contributed by atoms with E-state index in [0.29, 0.717) is 12.6 Å². The summed E-state index contributed by atoms with van der Waals surface area (Å²) in [7, 11) is 1.74. The Morgan fingerprint density at radius 2 is 2.00 bits per heavy atom. The minimum Gasteiger partial charge on any atom is -0.378 e. The van der Waals surface area contributed by atoms with Gasteiger partial charge in [-0.25, -0.2) is 0 Å². The Labute approximate surface area is 176 Å². The first-order valence-corrected chi connectivity index (χ1v) is 10.3. The van der Waals surface area contributed by atoms with Crippen molar-refractivity contribution in [2.45, 2.75) is 31.9 Å². The normalized spacial score (nSPS) is 16.4. The topological polar surface area (TPSA) is 62.4 Å². The molecular formula is C25H26N2O3. The lowest BCUT2D eigenvalue weighted by Crippen LogP contribution is -2.25. The number of para-hydroxylation sites is 1. The molecule has 3 aromatic rings. The molecule has 0 radical (unpaired) electrons. The molecule has 0 aliphatic carbocycles. The van der Waals surface area contributed by atoms with Crippen LogP contribution >= 0.6 is 0 Å². The van der Waals surface area contributed by atoms with Crippen LogP contribution in [0.4, 0.5) is 0 Å². The van der Waals surface area contributed by atoms with Crippen molar-refractivity contribution in [3.05, 3.63) is 87.7 Å². The smallest absolute Gasteiger partial charge is 0.248 e. The van der Waals surface area contributed by atoms with E-state index in [1.165, 1.54) is 5.56 Å². The third kappa shape index (κ3) is 4.86. The summed E-state index contributed by atoms with van der Waals surface area (Å²) in [5, 5.41) is 0.947. The van der Waals surface area contributed by atoms with Gasteiger partial charge in [0.15, 0.2) is 0 Å². The standard InChI is InChI=1S/C25H26N2O3/c1-27(17-20-16-24(28)26-23-7-3-2-6-22(20)23)25(29)13-12-18-8-10-19(11-9-18)15-21-5-4-14-30-21/h2-3,6-13,16,21H,4-5,14-15,17H2,1H3,(H,26,28). The molecule has 2 heterocycles. The van der Waals surface area contributed by atoms with E-state index < -0.39 is 0 Å². The number of amides is 1. The zero-order valence-corrected chi connectivity index (χ0v) is 17.1. The molecule has 1 aliphatic heterocycles. The number of carbonyl (C=O) groups excluding carboxylic acids is 1. The minimum atomic E-state index is -0.164. The number of aromatic amines is 1. The molecule has 5 nitrogen and oxygen atoms in total. The number of pyridine rings is 1. The highest BCUT2D eigenvalue weighted by molar-refractivity contribution is 5.92. The van der Waals surface area contributed by atoms with Gasteiger partial charge >= 0.3 is 0 Å². The lowest BCUT2D eigenvalue weighted by atomic mass is 10.0. The van der Waals surface area contributed by atoms with Crippen LogP contribution in [0.3, 0.4) is 0 Å². The van der Waals surface area contributed by atoms with Gasteiger partial charge in [-0.3, -0.25) is 9.59 Å². The summed E-state index contributed by atoms with van der Waals surface area (Å²) in [4.78, 5) is 28.9. The summed E-state index contributed by atoms with van der Waals surface area (Å²) < 4.78 is 5.69. The highest BCUT2D eigenvalue weighted by Gasteiger charge is 2.15. The van der Waals surface area contributed by atoms with Crippen LogP contribution in [0.25, 0.3) is 17.0 Å². The van der Waals surface area contributed by atoms with Crippen molar-refractivity contribution in [1.82, 2.24) is 9.88 Å². The predicted molar refractivity (Wildman–Crippen MR) is 119 cm³/mol. The van der Waals surface area contributed by atoms with Gasteiger partial charge in [-0.1, -0.05) is 42.5 Å². The molecule has 4 rings (SSSR count). The molecular weight excluding hydrogens is 376 g/mol. The van der Waals surface area contributed by atoms with Crippen LogP contribution in [-0.2, 0) is 22.5 Å². The number of hydrogen-bond donors (Lipinski definition) is 1. The van der Waals surface area contributed by atoms with Crippen molar-refractivity contribution >= 4 is 22.9 Å². The predicted octanol–water partition coefficient (Wildman–Crippen LogP) is 3.92. The summed E-state index contributed by atoms with van der Waals surface area (Å²) in [5.41, 5.74) is 3.68. The number of rotatable bonds is 6. The monoisotopic (exact) mass is 402 g/mol. The van der Waals surface area contributed by atoms with E-state index in [1.807, 2.05) is 42.5 Å². The molecule has 1 amide bonds. The summed E-state index contributed by atoms with van der Waals surface area (Å²) in [5.74, 6) is -0.109. The second kappa shape index (κ2) is 9.09. The van der Waals surface area contributed by atoms with Crippen molar-refractivity contribution < 1.29 is 9.53 Å². The van der Waals surface area contributed by atoms with Crippen LogP contribution in [0.5, 0.6) is 0 Å². The van der Waals surface area contributed by atoms with E-state index >= 15 is 0 Å². The maximum absolute atomic E-state index is 12.6. The second-order valence-electron chi connectivity index (χ2n) is 7.81. The number of benzene rings is 2. The Morgan fingerprint density at radius 3 is 2.77 bits per heavy atom. The molecule has 154 valence electrons. The van der Waals surface area contributed by atoms with E-state index in [-0.39, 0.29) is 11.5 Å². The molecule has 0 saturated carbocycles. The number of aromatic nitrogens is 1. The van der Waals surface area contributed by atoms with Gasteiger partial charge in [-0.05, 0) is 48.1 Å². The molecule has 1 fully saturated rings. The van der Waals surface area contributed by atoms with Gasteiger partial charge in [0.05, 0.1) is 6.10 Å². The maximum atomic E-state index is 12.6. The Bertz CT molecular complexity index is 1110. The minimum absolute atomic E-state index is 0.109. The zero-order chi connectivity index (χ0) is 20.9. The number of nitrogens with zero attached hydrogens (tertiary/aromatic N) is 1. The van der Waals surface area contributed by atoms with E-state index in [9.17, 15) is 9.59 Å².